The SMILES string of the molecule is C=C1/C(C)=C\N(P)/N=C\C=C/1N1CCCCC1. The summed E-state index contributed by atoms with van der Waals surface area (Å²) in [5.74, 6) is 0. The maximum Gasteiger partial charge on any atom is 0.0498 e. The average molecular weight is 249 g/mol. The van der Waals surface area contributed by atoms with Gasteiger partial charge in [-0.25, -0.2) is 0 Å². The van der Waals surface area contributed by atoms with Crippen molar-refractivity contribution in [2.45, 2.75) is 26.2 Å². The van der Waals surface area contributed by atoms with Crippen molar-refractivity contribution in [2.75, 3.05) is 13.1 Å². The zero-order chi connectivity index (χ0) is 12.3. The van der Waals surface area contributed by atoms with E-state index in [9.17, 15) is 0 Å². The summed E-state index contributed by atoms with van der Waals surface area (Å²) >= 11 is 0. The molecule has 0 aromatic heterocycles. The predicted molar refractivity (Wildman–Crippen MR) is 76.4 cm³/mol. The van der Waals surface area contributed by atoms with Gasteiger partial charge in [-0.3, -0.25) is 4.78 Å². The Morgan fingerprint density at radius 2 is 2.00 bits per heavy atom. The normalized spacial score (nSPS) is 29.9. The molecular weight excluding hydrogens is 229 g/mol. The highest BCUT2D eigenvalue weighted by Crippen LogP contribution is 2.25. The van der Waals surface area contributed by atoms with Crippen molar-refractivity contribution in [3.05, 3.63) is 35.7 Å². The van der Waals surface area contributed by atoms with Crippen LogP contribution in [0.15, 0.2) is 40.8 Å². The van der Waals surface area contributed by atoms with Gasteiger partial charge >= 0.3 is 0 Å². The number of hydrogen-bond donors (Lipinski definition) is 0. The molecule has 4 heteroatoms. The van der Waals surface area contributed by atoms with Gasteiger partial charge in [0.2, 0.25) is 0 Å². The van der Waals surface area contributed by atoms with E-state index in [0.717, 1.165) is 24.2 Å². The summed E-state index contributed by atoms with van der Waals surface area (Å²) in [4.78, 5) is 2.42. The second kappa shape index (κ2) is 5.50. The minimum Gasteiger partial charge on any atom is -0.371 e. The first kappa shape index (κ1) is 12.4. The van der Waals surface area contributed by atoms with Gasteiger partial charge in [-0.05, 0) is 52.8 Å². The third kappa shape index (κ3) is 2.98. The number of likely N-dealkylation sites (tertiary alicyclic amines) is 1. The molecule has 2 rings (SSSR count). The minimum absolute atomic E-state index is 1.10. The third-order valence-electron chi connectivity index (χ3n) is 3.24. The Morgan fingerprint density at radius 1 is 1.29 bits per heavy atom. The smallest absolute Gasteiger partial charge is 0.0498 e. The Balaban J connectivity index is 2.25. The van der Waals surface area contributed by atoms with E-state index in [1.165, 1.54) is 25.0 Å². The van der Waals surface area contributed by atoms with Crippen molar-refractivity contribution in [1.29, 1.82) is 0 Å². The molecular formula is C13H20N3P. The maximum absolute atomic E-state index is 4.26. The fourth-order valence-electron chi connectivity index (χ4n) is 2.22. The van der Waals surface area contributed by atoms with Gasteiger partial charge in [-0.15, -0.1) is 0 Å². The lowest BCUT2D eigenvalue weighted by Gasteiger charge is -2.32. The molecule has 3 nitrogen and oxygen atoms in total. The Labute approximate surface area is 106 Å². The average Bonchev–Trinajstić information content (AvgIpc) is 2.33. The van der Waals surface area contributed by atoms with Gasteiger partial charge in [0, 0.05) is 31.2 Å². The summed E-state index contributed by atoms with van der Waals surface area (Å²) < 4.78 is 1.74. The van der Waals surface area contributed by atoms with E-state index in [4.69, 9.17) is 0 Å². The highest BCUT2D eigenvalue weighted by atomic mass is 31.0. The zero-order valence-corrected chi connectivity index (χ0v) is 11.5. The van der Waals surface area contributed by atoms with E-state index >= 15 is 0 Å². The van der Waals surface area contributed by atoms with E-state index in [1.54, 1.807) is 4.78 Å². The van der Waals surface area contributed by atoms with Crippen molar-refractivity contribution in [3.63, 3.8) is 0 Å². The van der Waals surface area contributed by atoms with Crippen LogP contribution >= 0.6 is 9.39 Å². The fraction of sp³-hybridized carbons (Fsp3) is 0.462. The first-order chi connectivity index (χ1) is 8.18. The molecule has 1 unspecified atom stereocenters. The maximum atomic E-state index is 4.26. The van der Waals surface area contributed by atoms with Gasteiger partial charge < -0.3 is 4.90 Å². The summed E-state index contributed by atoms with van der Waals surface area (Å²) in [7, 11) is 2.56. The molecule has 0 aromatic rings. The van der Waals surface area contributed by atoms with Gasteiger partial charge in [0.1, 0.15) is 0 Å². The number of piperidine rings is 1. The quantitative estimate of drug-likeness (QED) is 0.665. The van der Waals surface area contributed by atoms with Crippen molar-refractivity contribution < 1.29 is 0 Å². The minimum atomic E-state index is 1.10. The Hall–Kier alpha value is -1.08. The molecule has 1 fully saturated rings. The van der Waals surface area contributed by atoms with Crippen LogP contribution in [0.2, 0.25) is 0 Å². The van der Waals surface area contributed by atoms with Gasteiger partial charge in [0.25, 0.3) is 0 Å². The van der Waals surface area contributed by atoms with Crippen LogP contribution in [0.1, 0.15) is 26.2 Å². The summed E-state index contributed by atoms with van der Waals surface area (Å²) in [5.41, 5.74) is 3.49. The molecule has 1 atom stereocenters. The van der Waals surface area contributed by atoms with Gasteiger partial charge in [-0.2, -0.15) is 5.10 Å². The summed E-state index contributed by atoms with van der Waals surface area (Å²) in [6.45, 7) is 8.56. The predicted octanol–water partition coefficient (Wildman–Crippen LogP) is 2.91. The molecule has 0 aliphatic carbocycles. The first-order valence-electron chi connectivity index (χ1n) is 6.09. The van der Waals surface area contributed by atoms with E-state index in [1.807, 2.05) is 12.4 Å². The van der Waals surface area contributed by atoms with Gasteiger partial charge in [0.05, 0.1) is 0 Å². The highest BCUT2D eigenvalue weighted by Gasteiger charge is 2.17. The van der Waals surface area contributed by atoms with Crippen LogP contribution in [0, 0.1) is 0 Å². The van der Waals surface area contributed by atoms with E-state index < -0.39 is 0 Å². The molecule has 0 amide bonds. The second-order valence-electron chi connectivity index (χ2n) is 4.53. The van der Waals surface area contributed by atoms with Crippen LogP contribution in [0.5, 0.6) is 0 Å². The van der Waals surface area contributed by atoms with Crippen LogP contribution in [0.4, 0.5) is 0 Å². The number of nitrogens with zero attached hydrogens (tertiary/aromatic N) is 3. The summed E-state index contributed by atoms with van der Waals surface area (Å²) in [6, 6.07) is 0. The van der Waals surface area contributed by atoms with E-state index in [-0.39, 0.29) is 0 Å². The standard InChI is InChI=1S/C13H20N3P/c1-11-10-16(17)14-7-6-13(12(11)2)15-8-4-3-5-9-15/h6-7,10H,2-5,8-9,17H2,1H3/b11-10-,13-6+,14-7-. The summed E-state index contributed by atoms with van der Waals surface area (Å²) in [6.07, 6.45) is 9.80. The summed E-state index contributed by atoms with van der Waals surface area (Å²) in [5, 5.41) is 4.26. The molecule has 2 aliphatic rings. The largest absolute Gasteiger partial charge is 0.371 e. The number of allylic oxidation sites excluding steroid dienone is 2. The lowest BCUT2D eigenvalue weighted by atomic mass is 10.0. The van der Waals surface area contributed by atoms with Gasteiger partial charge in [-0.1, -0.05) is 6.58 Å². The Morgan fingerprint density at radius 3 is 2.71 bits per heavy atom. The number of hydrazone groups is 1. The zero-order valence-electron chi connectivity index (χ0n) is 10.4. The molecule has 2 aliphatic heterocycles. The van der Waals surface area contributed by atoms with Crippen molar-refractivity contribution in [3.8, 4) is 0 Å². The molecule has 92 valence electrons. The fourth-order valence-corrected chi connectivity index (χ4v) is 2.52. The van der Waals surface area contributed by atoms with Crippen molar-refractivity contribution >= 4 is 15.6 Å². The monoisotopic (exact) mass is 249 g/mol. The van der Waals surface area contributed by atoms with Crippen molar-refractivity contribution in [1.82, 2.24) is 9.68 Å². The van der Waals surface area contributed by atoms with Crippen LogP contribution in [0.3, 0.4) is 0 Å². The second-order valence-corrected chi connectivity index (χ2v) is 5.06. The molecule has 0 radical (unpaired) electrons. The van der Waals surface area contributed by atoms with E-state index in [2.05, 4.69) is 39.0 Å². The third-order valence-corrected chi connectivity index (χ3v) is 3.52. The first-order valence-corrected chi connectivity index (χ1v) is 6.61. The van der Waals surface area contributed by atoms with Crippen LogP contribution < -0.4 is 0 Å². The van der Waals surface area contributed by atoms with Crippen LogP contribution in [-0.4, -0.2) is 29.0 Å². The van der Waals surface area contributed by atoms with Crippen LogP contribution in [-0.2, 0) is 0 Å². The molecule has 1 saturated heterocycles. The molecule has 0 saturated carbocycles. The number of hydrogen-bond acceptors (Lipinski definition) is 3. The van der Waals surface area contributed by atoms with E-state index in [0.29, 0.717) is 0 Å². The molecule has 0 spiro atoms. The highest BCUT2D eigenvalue weighted by molar-refractivity contribution is 7.13. The topological polar surface area (TPSA) is 18.8 Å². The molecule has 2 heterocycles. The molecule has 0 N–H and O–H groups in total. The lowest BCUT2D eigenvalue weighted by molar-refractivity contribution is 0.291. The Bertz CT molecular complexity index is 389. The Kier molecular flexibility index (Phi) is 4.01. The molecule has 17 heavy (non-hydrogen) atoms. The number of rotatable bonds is 1. The van der Waals surface area contributed by atoms with Crippen LogP contribution in [0.25, 0.3) is 0 Å². The molecule has 0 bridgehead atoms. The lowest BCUT2D eigenvalue weighted by Crippen LogP contribution is -2.30. The van der Waals surface area contributed by atoms with Crippen molar-refractivity contribution in [2.24, 2.45) is 5.10 Å². The van der Waals surface area contributed by atoms with Gasteiger partial charge in [0.15, 0.2) is 0 Å². The molecule has 0 aromatic carbocycles.